The summed E-state index contributed by atoms with van der Waals surface area (Å²) >= 11 is 6.49. The van der Waals surface area contributed by atoms with Crippen LogP contribution in [0.5, 0.6) is 0 Å². The number of imidazole rings is 1. The second-order valence-electron chi connectivity index (χ2n) is 2.37. The highest BCUT2D eigenvalue weighted by Crippen LogP contribution is 2.18. The Labute approximate surface area is 90.3 Å². The van der Waals surface area contributed by atoms with Crippen molar-refractivity contribution in [1.82, 2.24) is 14.4 Å². The minimum atomic E-state index is 0.389. The summed E-state index contributed by atoms with van der Waals surface area (Å²) in [5, 5.41) is 0. The molecule has 0 fully saturated rings. The van der Waals surface area contributed by atoms with E-state index >= 15 is 0 Å². The van der Waals surface area contributed by atoms with Crippen molar-refractivity contribution in [3.05, 3.63) is 27.3 Å². The molecule has 2 rings (SSSR count). The van der Waals surface area contributed by atoms with Crippen molar-refractivity contribution in [3.63, 3.8) is 0 Å². The predicted molar refractivity (Wildman–Crippen MR) is 53.8 cm³/mol. The molecule has 0 aliphatic heterocycles. The van der Waals surface area contributed by atoms with E-state index in [0.717, 1.165) is 0 Å². The van der Waals surface area contributed by atoms with E-state index in [2.05, 4.69) is 41.8 Å². The first-order chi connectivity index (χ1) is 6.20. The third kappa shape index (κ3) is 1.51. The average molecular weight is 305 g/mol. The van der Waals surface area contributed by atoms with Crippen LogP contribution in [-0.4, -0.2) is 20.7 Å². The van der Waals surface area contributed by atoms with Crippen LogP contribution in [0.3, 0.4) is 0 Å². The Morgan fingerprint density at radius 3 is 2.77 bits per heavy atom. The summed E-state index contributed by atoms with van der Waals surface area (Å²) in [5.74, 6) is 0. The van der Waals surface area contributed by atoms with Gasteiger partial charge in [0.15, 0.2) is 16.5 Å². The van der Waals surface area contributed by atoms with Gasteiger partial charge in [0.05, 0.1) is 0 Å². The quantitative estimate of drug-likeness (QED) is 0.758. The Hall–Kier alpha value is -0.750. The fourth-order valence-corrected chi connectivity index (χ4v) is 2.13. The molecule has 0 amide bonds. The SMILES string of the molecule is O=Cc1cn2cc(Br)nc(Br)c2n1. The highest BCUT2D eigenvalue weighted by Gasteiger charge is 2.06. The maximum atomic E-state index is 10.4. The average Bonchev–Trinajstić information content (AvgIpc) is 2.47. The summed E-state index contributed by atoms with van der Waals surface area (Å²) in [4.78, 5) is 18.6. The number of carbonyl (C=O) groups excluding carboxylic acids is 1. The molecule has 2 heterocycles. The van der Waals surface area contributed by atoms with Gasteiger partial charge in [-0.2, -0.15) is 0 Å². The van der Waals surface area contributed by atoms with Crippen LogP contribution in [0.4, 0.5) is 0 Å². The lowest BCUT2D eigenvalue weighted by Crippen LogP contribution is -1.88. The Morgan fingerprint density at radius 1 is 1.31 bits per heavy atom. The van der Waals surface area contributed by atoms with Gasteiger partial charge in [0.25, 0.3) is 0 Å². The highest BCUT2D eigenvalue weighted by molar-refractivity contribution is 9.11. The highest BCUT2D eigenvalue weighted by atomic mass is 79.9. The first-order valence-corrected chi connectivity index (χ1v) is 4.95. The third-order valence-electron chi connectivity index (χ3n) is 1.51. The molecule has 2 aromatic rings. The molecule has 0 bridgehead atoms. The van der Waals surface area contributed by atoms with Gasteiger partial charge in [0, 0.05) is 12.4 Å². The second-order valence-corrected chi connectivity index (χ2v) is 3.93. The lowest BCUT2D eigenvalue weighted by molar-refractivity contribution is 0.111. The fraction of sp³-hybridized carbons (Fsp3) is 0. The van der Waals surface area contributed by atoms with Gasteiger partial charge in [0.1, 0.15) is 10.3 Å². The van der Waals surface area contributed by atoms with Crippen LogP contribution in [0.2, 0.25) is 0 Å². The zero-order valence-electron chi connectivity index (χ0n) is 6.24. The molecule has 2 aromatic heterocycles. The first kappa shape index (κ1) is 8.83. The zero-order chi connectivity index (χ0) is 9.42. The van der Waals surface area contributed by atoms with Crippen molar-refractivity contribution in [1.29, 1.82) is 0 Å². The van der Waals surface area contributed by atoms with Gasteiger partial charge < -0.3 is 4.40 Å². The number of carbonyl (C=O) groups is 1. The number of aromatic nitrogens is 3. The summed E-state index contributed by atoms with van der Waals surface area (Å²) in [7, 11) is 0. The van der Waals surface area contributed by atoms with E-state index in [0.29, 0.717) is 26.8 Å². The van der Waals surface area contributed by atoms with Crippen LogP contribution in [0.1, 0.15) is 10.5 Å². The van der Waals surface area contributed by atoms with Crippen LogP contribution >= 0.6 is 31.9 Å². The van der Waals surface area contributed by atoms with Gasteiger partial charge in [-0.25, -0.2) is 9.97 Å². The molecular weight excluding hydrogens is 302 g/mol. The molecule has 0 aliphatic rings. The molecule has 0 unspecified atom stereocenters. The number of halogens is 2. The number of hydrogen-bond donors (Lipinski definition) is 0. The zero-order valence-corrected chi connectivity index (χ0v) is 9.41. The Balaban J connectivity index is 2.82. The van der Waals surface area contributed by atoms with Crippen LogP contribution in [0.15, 0.2) is 21.6 Å². The molecule has 4 nitrogen and oxygen atoms in total. The monoisotopic (exact) mass is 303 g/mol. The number of fused-ring (bicyclic) bond motifs is 1. The molecule has 0 saturated carbocycles. The van der Waals surface area contributed by atoms with Crippen LogP contribution in [-0.2, 0) is 0 Å². The molecular formula is C7H3Br2N3O. The normalized spacial score (nSPS) is 10.6. The van der Waals surface area contributed by atoms with Crippen molar-refractivity contribution < 1.29 is 4.79 Å². The summed E-state index contributed by atoms with van der Waals surface area (Å²) in [6.45, 7) is 0. The maximum absolute atomic E-state index is 10.4. The molecule has 13 heavy (non-hydrogen) atoms. The van der Waals surface area contributed by atoms with Gasteiger partial charge in [0.2, 0.25) is 0 Å². The van der Waals surface area contributed by atoms with E-state index in [4.69, 9.17) is 0 Å². The summed E-state index contributed by atoms with van der Waals surface area (Å²) < 4.78 is 3.02. The van der Waals surface area contributed by atoms with E-state index in [1.807, 2.05) is 0 Å². The largest absolute Gasteiger partial charge is 0.301 e. The van der Waals surface area contributed by atoms with E-state index in [1.54, 1.807) is 16.8 Å². The van der Waals surface area contributed by atoms with Gasteiger partial charge in [-0.3, -0.25) is 4.79 Å². The summed E-state index contributed by atoms with van der Waals surface area (Å²) in [6, 6.07) is 0. The van der Waals surface area contributed by atoms with E-state index < -0.39 is 0 Å². The lowest BCUT2D eigenvalue weighted by atomic mass is 10.5. The molecule has 0 N–H and O–H groups in total. The van der Waals surface area contributed by atoms with Gasteiger partial charge in [-0.1, -0.05) is 0 Å². The number of aldehydes is 1. The Morgan fingerprint density at radius 2 is 2.08 bits per heavy atom. The van der Waals surface area contributed by atoms with Crippen molar-refractivity contribution >= 4 is 43.8 Å². The third-order valence-corrected chi connectivity index (χ3v) is 2.42. The number of hydrogen-bond acceptors (Lipinski definition) is 3. The van der Waals surface area contributed by atoms with Crippen molar-refractivity contribution in [2.24, 2.45) is 0 Å². The van der Waals surface area contributed by atoms with Gasteiger partial charge in [-0.05, 0) is 31.9 Å². The molecule has 6 heteroatoms. The topological polar surface area (TPSA) is 47.3 Å². The second kappa shape index (κ2) is 3.19. The smallest absolute Gasteiger partial charge is 0.170 e. The van der Waals surface area contributed by atoms with E-state index in [9.17, 15) is 4.79 Å². The summed E-state index contributed by atoms with van der Waals surface area (Å²) in [6.07, 6.45) is 4.08. The van der Waals surface area contributed by atoms with Crippen LogP contribution < -0.4 is 0 Å². The minimum Gasteiger partial charge on any atom is -0.301 e. The molecule has 0 radical (unpaired) electrons. The summed E-state index contributed by atoms with van der Waals surface area (Å²) in [5.41, 5.74) is 1.02. The maximum Gasteiger partial charge on any atom is 0.170 e. The lowest BCUT2D eigenvalue weighted by Gasteiger charge is -1.95. The van der Waals surface area contributed by atoms with Crippen molar-refractivity contribution in [3.8, 4) is 0 Å². The van der Waals surface area contributed by atoms with Gasteiger partial charge in [-0.15, -0.1) is 0 Å². The molecule has 0 aliphatic carbocycles. The number of rotatable bonds is 1. The molecule has 66 valence electrons. The number of nitrogens with zero attached hydrogens (tertiary/aromatic N) is 3. The Kier molecular flexibility index (Phi) is 2.17. The molecule has 0 saturated heterocycles. The minimum absolute atomic E-state index is 0.389. The standard InChI is InChI=1S/C7H3Br2N3O/c8-5-2-12-1-4(3-13)10-7(12)6(9)11-5/h1-3H. The Bertz CT molecular complexity index is 480. The van der Waals surface area contributed by atoms with E-state index in [1.165, 1.54) is 0 Å². The fourth-order valence-electron chi connectivity index (χ4n) is 1.01. The molecule has 0 spiro atoms. The van der Waals surface area contributed by atoms with Crippen LogP contribution in [0, 0.1) is 0 Å². The van der Waals surface area contributed by atoms with Crippen LogP contribution in [0.25, 0.3) is 5.65 Å². The molecule has 0 atom stereocenters. The van der Waals surface area contributed by atoms with E-state index in [-0.39, 0.29) is 0 Å². The van der Waals surface area contributed by atoms with Gasteiger partial charge >= 0.3 is 0 Å². The van der Waals surface area contributed by atoms with Crippen molar-refractivity contribution in [2.45, 2.75) is 0 Å². The first-order valence-electron chi connectivity index (χ1n) is 3.36. The van der Waals surface area contributed by atoms with Crippen molar-refractivity contribution in [2.75, 3.05) is 0 Å². The predicted octanol–water partition coefficient (Wildman–Crippen LogP) is 2.07. The molecule has 0 aromatic carbocycles.